The Morgan fingerprint density at radius 2 is 1.50 bits per heavy atom. The summed E-state index contributed by atoms with van der Waals surface area (Å²) >= 11 is 0. The predicted molar refractivity (Wildman–Crippen MR) is 89.4 cm³/mol. The fraction of sp³-hybridized carbons (Fsp3) is 0.421. The van der Waals surface area contributed by atoms with E-state index in [9.17, 15) is 32.7 Å². The maximum absolute atomic E-state index is 12.6. The number of nitrogens with one attached hydrogen (secondary N) is 2. The number of fused-ring (bicyclic) bond motifs is 1. The molecule has 0 saturated heterocycles. The molecule has 2 bridgehead atoms. The van der Waals surface area contributed by atoms with Crippen molar-refractivity contribution in [3.05, 3.63) is 47.5 Å². The minimum absolute atomic E-state index is 0.0598. The maximum atomic E-state index is 12.6. The van der Waals surface area contributed by atoms with Crippen molar-refractivity contribution in [1.82, 2.24) is 10.9 Å². The van der Waals surface area contributed by atoms with E-state index in [2.05, 4.69) is 10.9 Å². The summed E-state index contributed by atoms with van der Waals surface area (Å²) in [4.78, 5) is 36.4. The minimum atomic E-state index is -4.51. The molecule has 1 aromatic carbocycles. The average molecular weight is 394 g/mol. The molecule has 0 radical (unpaired) electrons. The number of benzene rings is 1. The van der Waals surface area contributed by atoms with Gasteiger partial charge in [0.25, 0.3) is 5.91 Å². The first-order valence-corrected chi connectivity index (χ1v) is 8.87. The minimum Gasteiger partial charge on any atom is -0.481 e. The number of hydrazine groups is 1. The Hall–Kier alpha value is -2.84. The molecule has 6 nitrogen and oxygen atoms in total. The molecule has 1 unspecified atom stereocenters. The summed E-state index contributed by atoms with van der Waals surface area (Å²) in [6, 6.07) is 3.56. The van der Waals surface area contributed by atoms with Crippen LogP contribution in [0.4, 0.5) is 13.2 Å². The van der Waals surface area contributed by atoms with Crippen LogP contribution in [-0.2, 0) is 15.8 Å². The van der Waals surface area contributed by atoms with Crippen molar-refractivity contribution in [2.45, 2.75) is 12.6 Å². The van der Waals surface area contributed by atoms with E-state index in [0.717, 1.165) is 30.7 Å². The smallest absolute Gasteiger partial charge is 0.416 e. The molecule has 0 spiro atoms. The molecule has 1 aromatic rings. The van der Waals surface area contributed by atoms with Crippen LogP contribution in [0.3, 0.4) is 0 Å². The third-order valence-electron chi connectivity index (χ3n) is 6.01. The molecular formula is C19H17F3N2O4. The van der Waals surface area contributed by atoms with Gasteiger partial charge in [0.15, 0.2) is 0 Å². The van der Waals surface area contributed by atoms with Crippen LogP contribution in [0.5, 0.6) is 0 Å². The number of alkyl halides is 3. The standard InChI is InChI=1S/C19H17F3N2O4/c20-19(21,22)9-3-1-8(2-4-9)16(25)23-24-17(26)14-10-5-6-11(13-7-12(10)13)15(14)18(27)28/h1-6,10-15H,7H2,(H,23,25)(H,24,26)(H,27,28)/t10-,11+,12-,13-,14-,15?/m1/s1. The molecule has 3 N–H and O–H groups in total. The molecule has 0 aromatic heterocycles. The quantitative estimate of drug-likeness (QED) is 0.541. The van der Waals surface area contributed by atoms with E-state index in [1.165, 1.54) is 0 Å². The SMILES string of the molecule is O=C(NNC(=O)[C@H]1C(C(=O)O)[C@H]2C=C[C@@H]1[C@H]1C[C@@H]12)c1ccc(C(F)(F)F)cc1. The maximum Gasteiger partial charge on any atom is 0.416 e. The number of carboxylic acid groups (broad SMARTS) is 1. The average Bonchev–Trinajstić information content (AvgIpc) is 3.47. The molecule has 2 amide bonds. The second-order valence-corrected chi connectivity index (χ2v) is 7.51. The van der Waals surface area contributed by atoms with E-state index in [1.54, 1.807) is 0 Å². The Labute approximate surface area is 157 Å². The van der Waals surface area contributed by atoms with E-state index in [1.807, 2.05) is 12.2 Å². The second-order valence-electron chi connectivity index (χ2n) is 7.51. The summed E-state index contributed by atoms with van der Waals surface area (Å²) in [5.74, 6) is -3.82. The third kappa shape index (κ3) is 3.04. The summed E-state index contributed by atoms with van der Waals surface area (Å²) < 4.78 is 37.7. The summed E-state index contributed by atoms with van der Waals surface area (Å²) in [5, 5.41) is 9.57. The van der Waals surface area contributed by atoms with Crippen LogP contribution in [-0.4, -0.2) is 22.9 Å². The molecule has 5 rings (SSSR count). The topological polar surface area (TPSA) is 95.5 Å². The molecule has 28 heavy (non-hydrogen) atoms. The normalized spacial score (nSPS) is 32.4. The van der Waals surface area contributed by atoms with Crippen molar-refractivity contribution in [1.29, 1.82) is 0 Å². The van der Waals surface area contributed by atoms with Gasteiger partial charge >= 0.3 is 12.1 Å². The van der Waals surface area contributed by atoms with Gasteiger partial charge in [-0.05, 0) is 54.4 Å². The van der Waals surface area contributed by atoms with Crippen molar-refractivity contribution in [3.8, 4) is 0 Å². The zero-order valence-corrected chi connectivity index (χ0v) is 14.4. The summed E-state index contributed by atoms with van der Waals surface area (Å²) in [5.41, 5.74) is 3.46. The lowest BCUT2D eigenvalue weighted by atomic mass is 9.62. The fourth-order valence-corrected chi connectivity index (χ4v) is 4.65. The molecule has 0 heterocycles. The molecule has 0 aliphatic heterocycles. The van der Waals surface area contributed by atoms with Gasteiger partial charge in [-0.25, -0.2) is 0 Å². The lowest BCUT2D eigenvalue weighted by molar-refractivity contribution is -0.153. The highest BCUT2D eigenvalue weighted by Gasteiger charge is 2.63. The number of hydrogen-bond donors (Lipinski definition) is 3. The molecule has 4 aliphatic rings. The van der Waals surface area contributed by atoms with Crippen LogP contribution in [0.2, 0.25) is 0 Å². The van der Waals surface area contributed by atoms with Gasteiger partial charge in [0.2, 0.25) is 5.91 Å². The highest BCUT2D eigenvalue weighted by Crippen LogP contribution is 2.63. The number of carbonyl (C=O) groups excluding carboxylic acids is 2. The van der Waals surface area contributed by atoms with Gasteiger partial charge in [-0.2, -0.15) is 13.2 Å². The number of hydrogen-bond acceptors (Lipinski definition) is 3. The van der Waals surface area contributed by atoms with Crippen LogP contribution >= 0.6 is 0 Å². The van der Waals surface area contributed by atoms with Gasteiger partial charge in [-0.3, -0.25) is 25.2 Å². The first kappa shape index (κ1) is 18.5. The Kier molecular flexibility index (Phi) is 4.20. The first-order valence-electron chi connectivity index (χ1n) is 8.87. The fourth-order valence-electron chi connectivity index (χ4n) is 4.65. The molecule has 4 aliphatic carbocycles. The van der Waals surface area contributed by atoms with Crippen LogP contribution < -0.4 is 10.9 Å². The third-order valence-corrected chi connectivity index (χ3v) is 6.01. The summed E-state index contributed by atoms with van der Waals surface area (Å²) in [6.07, 6.45) is 0.153. The zero-order valence-electron chi connectivity index (χ0n) is 14.4. The number of rotatable bonds is 3. The zero-order chi connectivity index (χ0) is 20.2. The van der Waals surface area contributed by atoms with Gasteiger partial charge in [0, 0.05) is 5.56 Å². The predicted octanol–water partition coefficient (Wildman–Crippen LogP) is 2.24. The Morgan fingerprint density at radius 3 is 2.04 bits per heavy atom. The lowest BCUT2D eigenvalue weighted by Crippen LogP contribution is -2.53. The van der Waals surface area contributed by atoms with E-state index in [4.69, 9.17) is 0 Å². The van der Waals surface area contributed by atoms with E-state index >= 15 is 0 Å². The highest BCUT2D eigenvalue weighted by atomic mass is 19.4. The van der Waals surface area contributed by atoms with Crippen LogP contribution in [0, 0.1) is 35.5 Å². The number of carboxylic acids is 1. The van der Waals surface area contributed by atoms with E-state index in [0.29, 0.717) is 11.8 Å². The van der Waals surface area contributed by atoms with Crippen molar-refractivity contribution in [2.75, 3.05) is 0 Å². The molecule has 9 heteroatoms. The highest BCUT2D eigenvalue weighted by molar-refractivity contribution is 5.96. The molecule has 148 valence electrons. The van der Waals surface area contributed by atoms with Gasteiger partial charge < -0.3 is 5.11 Å². The van der Waals surface area contributed by atoms with Gasteiger partial charge in [0.05, 0.1) is 17.4 Å². The van der Waals surface area contributed by atoms with Crippen molar-refractivity contribution in [2.24, 2.45) is 35.5 Å². The van der Waals surface area contributed by atoms with Crippen molar-refractivity contribution >= 4 is 17.8 Å². The molecular weight excluding hydrogens is 377 g/mol. The lowest BCUT2D eigenvalue weighted by Gasteiger charge is -2.41. The summed E-state index contributed by atoms with van der Waals surface area (Å²) in [6.45, 7) is 0. The Balaban J connectivity index is 1.42. The summed E-state index contributed by atoms with van der Waals surface area (Å²) in [7, 11) is 0. The largest absolute Gasteiger partial charge is 0.481 e. The number of amides is 2. The number of aliphatic carboxylic acids is 1. The van der Waals surface area contributed by atoms with Crippen LogP contribution in [0.15, 0.2) is 36.4 Å². The van der Waals surface area contributed by atoms with Crippen molar-refractivity contribution in [3.63, 3.8) is 0 Å². The van der Waals surface area contributed by atoms with Gasteiger partial charge in [-0.15, -0.1) is 0 Å². The van der Waals surface area contributed by atoms with Crippen LogP contribution in [0.1, 0.15) is 22.3 Å². The van der Waals surface area contributed by atoms with E-state index < -0.39 is 41.4 Å². The Morgan fingerprint density at radius 1 is 0.929 bits per heavy atom. The monoisotopic (exact) mass is 394 g/mol. The van der Waals surface area contributed by atoms with E-state index in [-0.39, 0.29) is 17.4 Å². The van der Waals surface area contributed by atoms with Crippen LogP contribution in [0.25, 0.3) is 0 Å². The second kappa shape index (κ2) is 6.35. The number of halogens is 3. The Bertz CT molecular complexity index is 865. The first-order chi connectivity index (χ1) is 13.2. The molecule has 6 atom stereocenters. The van der Waals surface area contributed by atoms with Gasteiger partial charge in [0.1, 0.15) is 0 Å². The molecule has 2 fully saturated rings. The van der Waals surface area contributed by atoms with Crippen molar-refractivity contribution < 1.29 is 32.7 Å². The number of carbonyl (C=O) groups is 3. The number of allylic oxidation sites excluding steroid dienone is 2. The van der Waals surface area contributed by atoms with Gasteiger partial charge in [-0.1, -0.05) is 12.2 Å². The molecule has 2 saturated carbocycles.